The minimum atomic E-state index is -4.67. The topological polar surface area (TPSA) is 157 Å². The van der Waals surface area contributed by atoms with E-state index in [1.165, 1.54) is 114 Å². The molecule has 2 rings (SSSR count). The molecule has 2 atom stereocenters. The van der Waals surface area contributed by atoms with Crippen LogP contribution in [0.15, 0.2) is 34.5 Å². The Bertz CT molecular complexity index is 1420. The maximum atomic E-state index is 13.4. The SMILES string of the molecule is CCCCCCCCCCCCCC(=O)OC[C@H](COP(=O)(O)OCCNC(=S)Nc1cccc(C2(C(F)(F)F)N=N2)c1)OC(=O)CCCCCCCCCCCCC. The Morgan fingerprint density at radius 1 is 0.763 bits per heavy atom. The number of unbranched alkanes of at least 4 members (excludes halogenated alkanes) is 20. The number of benzene rings is 1. The molecule has 1 aromatic rings. The van der Waals surface area contributed by atoms with Gasteiger partial charge in [0.2, 0.25) is 0 Å². The lowest BCUT2D eigenvalue weighted by Crippen LogP contribution is -2.32. The first-order valence-corrected chi connectivity index (χ1v) is 23.9. The standard InChI is InChI=1S/C42H70F3N4O8PS/c1-3-5-7-9-11-13-15-17-19-21-23-28-38(50)54-33-37(57-39(51)29-24-22-20-18-16-14-12-10-8-6-4-2)34-56-58(52,53)55-31-30-46-40(59)47-36-27-25-26-35(32-36)41(48-49-41)42(43,44)45/h25-27,32,37H,3-24,28-31,33-34H2,1-2H3,(H,52,53)(H2,46,47,59)/t37-/m1/s1. The van der Waals surface area contributed by atoms with Crippen LogP contribution < -0.4 is 10.6 Å². The Kier molecular flexibility index (Phi) is 27.0. The van der Waals surface area contributed by atoms with Gasteiger partial charge in [-0.3, -0.25) is 18.6 Å². The number of phosphoric acid groups is 1. The summed E-state index contributed by atoms with van der Waals surface area (Å²) in [5, 5.41) is 11.9. The molecule has 0 amide bonds. The van der Waals surface area contributed by atoms with Crippen molar-refractivity contribution in [1.29, 1.82) is 0 Å². The van der Waals surface area contributed by atoms with Crippen LogP contribution in [-0.4, -0.2) is 60.6 Å². The number of halogens is 3. The molecule has 0 fully saturated rings. The molecule has 0 saturated heterocycles. The summed E-state index contributed by atoms with van der Waals surface area (Å²) in [7, 11) is -4.65. The number of esters is 2. The molecule has 0 bridgehead atoms. The number of hydrogen-bond acceptors (Lipinski definition) is 10. The zero-order valence-corrected chi connectivity index (χ0v) is 37.1. The molecule has 1 aliphatic heterocycles. The number of rotatable bonds is 36. The maximum Gasteiger partial charge on any atom is 0.472 e. The van der Waals surface area contributed by atoms with Crippen LogP contribution in [-0.2, 0) is 38.3 Å². The second-order valence-corrected chi connectivity index (χ2v) is 17.2. The molecule has 0 saturated carbocycles. The molecule has 338 valence electrons. The highest BCUT2D eigenvalue weighted by molar-refractivity contribution is 7.80. The van der Waals surface area contributed by atoms with Crippen LogP contribution in [0.25, 0.3) is 0 Å². The van der Waals surface area contributed by atoms with Gasteiger partial charge in [-0.15, -0.1) is 10.2 Å². The Labute approximate surface area is 355 Å². The van der Waals surface area contributed by atoms with Crippen molar-refractivity contribution in [2.75, 3.05) is 31.7 Å². The minimum Gasteiger partial charge on any atom is -0.462 e. The number of anilines is 1. The normalized spacial score (nSPS) is 14.7. The molecular weight excluding hydrogens is 809 g/mol. The van der Waals surface area contributed by atoms with Crippen LogP contribution in [0, 0.1) is 0 Å². The highest BCUT2D eigenvalue weighted by Gasteiger charge is 2.65. The molecular formula is C42H70F3N4O8PS. The number of thiocarbonyl (C=S) groups is 1. The smallest absolute Gasteiger partial charge is 0.462 e. The fourth-order valence-electron chi connectivity index (χ4n) is 6.46. The van der Waals surface area contributed by atoms with Gasteiger partial charge in [0.15, 0.2) is 11.2 Å². The van der Waals surface area contributed by atoms with Crippen molar-refractivity contribution in [2.24, 2.45) is 10.2 Å². The van der Waals surface area contributed by atoms with E-state index in [1.54, 1.807) is 0 Å². The third kappa shape index (κ3) is 24.4. The fraction of sp³-hybridized carbons (Fsp3) is 0.786. The first kappa shape index (κ1) is 52.5. The van der Waals surface area contributed by atoms with Gasteiger partial charge in [0, 0.05) is 30.6 Å². The molecule has 0 radical (unpaired) electrons. The summed E-state index contributed by atoms with van der Waals surface area (Å²) in [6.45, 7) is 3.13. The number of nitrogens with zero attached hydrogens (tertiary/aromatic N) is 2. The Hall–Kier alpha value is -2.65. The summed E-state index contributed by atoms with van der Waals surface area (Å²) in [6.07, 6.45) is 19.7. The second-order valence-electron chi connectivity index (χ2n) is 15.3. The number of carbonyl (C=O) groups is 2. The summed E-state index contributed by atoms with van der Waals surface area (Å²) in [4.78, 5) is 35.6. The number of phosphoric ester groups is 1. The van der Waals surface area contributed by atoms with Crippen molar-refractivity contribution in [3.63, 3.8) is 0 Å². The van der Waals surface area contributed by atoms with E-state index in [0.717, 1.165) is 38.5 Å². The minimum absolute atomic E-state index is 0.0185. The second kappa shape index (κ2) is 30.4. The van der Waals surface area contributed by atoms with Crippen LogP contribution in [0.4, 0.5) is 18.9 Å². The molecule has 17 heteroatoms. The van der Waals surface area contributed by atoms with Gasteiger partial charge >= 0.3 is 31.6 Å². The van der Waals surface area contributed by atoms with Gasteiger partial charge in [-0.05, 0) is 37.2 Å². The summed E-state index contributed by atoms with van der Waals surface area (Å²) >= 11 is 5.19. The lowest BCUT2D eigenvalue weighted by molar-refractivity contribution is -0.166. The monoisotopic (exact) mass is 878 g/mol. The van der Waals surface area contributed by atoms with E-state index in [1.807, 2.05) is 0 Å². The largest absolute Gasteiger partial charge is 0.472 e. The van der Waals surface area contributed by atoms with Crippen LogP contribution in [0.2, 0.25) is 0 Å². The van der Waals surface area contributed by atoms with Gasteiger partial charge in [-0.1, -0.05) is 154 Å². The van der Waals surface area contributed by atoms with Gasteiger partial charge in [0.05, 0.1) is 13.2 Å². The van der Waals surface area contributed by atoms with Gasteiger partial charge in [-0.2, -0.15) is 13.2 Å². The lowest BCUT2D eigenvalue weighted by atomic mass is 10.0. The van der Waals surface area contributed by atoms with E-state index in [9.17, 15) is 32.2 Å². The van der Waals surface area contributed by atoms with Gasteiger partial charge in [-0.25, -0.2) is 4.57 Å². The highest BCUT2D eigenvalue weighted by Crippen LogP contribution is 2.52. The molecule has 1 unspecified atom stereocenters. The molecule has 0 aromatic heterocycles. The number of ether oxygens (including phenoxy) is 2. The third-order valence-corrected chi connectivity index (χ3v) is 11.2. The molecule has 1 aliphatic rings. The first-order valence-electron chi connectivity index (χ1n) is 21.9. The van der Waals surface area contributed by atoms with Crippen LogP contribution in [0.3, 0.4) is 0 Å². The number of carbonyl (C=O) groups excluding carboxylic acids is 2. The van der Waals surface area contributed by atoms with Crippen LogP contribution in [0.1, 0.15) is 174 Å². The summed E-state index contributed by atoms with van der Waals surface area (Å²) in [6, 6.07) is 5.40. The van der Waals surface area contributed by atoms with Crippen molar-refractivity contribution in [3.8, 4) is 0 Å². The van der Waals surface area contributed by atoms with E-state index in [0.29, 0.717) is 12.8 Å². The zero-order chi connectivity index (χ0) is 43.2. The van der Waals surface area contributed by atoms with Crippen molar-refractivity contribution < 1.29 is 50.7 Å². The summed E-state index contributed by atoms with van der Waals surface area (Å²) in [5.41, 5.74) is -2.49. The molecule has 1 aromatic carbocycles. The van der Waals surface area contributed by atoms with Crippen molar-refractivity contribution >= 4 is 42.8 Å². The molecule has 59 heavy (non-hydrogen) atoms. The molecule has 1 heterocycles. The number of hydrogen-bond donors (Lipinski definition) is 3. The van der Waals surface area contributed by atoms with Gasteiger partial charge < -0.3 is 25.0 Å². The van der Waals surface area contributed by atoms with E-state index >= 15 is 0 Å². The van der Waals surface area contributed by atoms with Crippen LogP contribution >= 0.6 is 20.0 Å². The van der Waals surface area contributed by atoms with Crippen LogP contribution in [0.5, 0.6) is 0 Å². The Morgan fingerprint density at radius 3 is 1.75 bits per heavy atom. The van der Waals surface area contributed by atoms with Crippen molar-refractivity contribution in [3.05, 3.63) is 29.8 Å². The average Bonchev–Trinajstić information content (AvgIpc) is 4.02. The molecule has 0 spiro atoms. The van der Waals surface area contributed by atoms with E-state index in [-0.39, 0.29) is 49.0 Å². The Morgan fingerprint density at radius 2 is 1.25 bits per heavy atom. The van der Waals surface area contributed by atoms with E-state index in [4.69, 9.17) is 30.7 Å². The molecule has 3 N–H and O–H groups in total. The predicted molar refractivity (Wildman–Crippen MR) is 228 cm³/mol. The molecule has 12 nitrogen and oxygen atoms in total. The maximum absolute atomic E-state index is 13.4. The molecule has 0 aliphatic carbocycles. The van der Waals surface area contributed by atoms with Gasteiger partial charge in [0.25, 0.3) is 0 Å². The quantitative estimate of drug-likeness (QED) is 0.0255. The van der Waals surface area contributed by atoms with Gasteiger partial charge in [0.1, 0.15) is 6.61 Å². The zero-order valence-electron chi connectivity index (χ0n) is 35.4. The first-order chi connectivity index (χ1) is 28.3. The van der Waals surface area contributed by atoms with Crippen molar-refractivity contribution in [1.82, 2.24) is 5.32 Å². The number of nitrogens with one attached hydrogen (secondary N) is 2. The fourth-order valence-corrected chi connectivity index (χ4v) is 7.43. The predicted octanol–water partition coefficient (Wildman–Crippen LogP) is 12.1. The lowest BCUT2D eigenvalue weighted by Gasteiger charge is -2.20. The van der Waals surface area contributed by atoms with E-state index in [2.05, 4.69) is 34.7 Å². The third-order valence-electron chi connectivity index (χ3n) is 9.98. The summed E-state index contributed by atoms with van der Waals surface area (Å²) < 4.78 is 73.9. The van der Waals surface area contributed by atoms with Crippen molar-refractivity contribution in [2.45, 2.75) is 186 Å². The average molecular weight is 879 g/mol. The summed E-state index contributed by atoms with van der Waals surface area (Å²) in [5.74, 6) is -0.967. The Balaban J connectivity index is 1.74. The van der Waals surface area contributed by atoms with E-state index < -0.39 is 44.3 Å². The highest BCUT2D eigenvalue weighted by atomic mass is 32.1. The number of alkyl halides is 3.